The Morgan fingerprint density at radius 3 is 2.00 bits per heavy atom. The third-order valence-electron chi connectivity index (χ3n) is 3.31. The van der Waals surface area contributed by atoms with Gasteiger partial charge in [-0.25, -0.2) is 0 Å². The van der Waals surface area contributed by atoms with E-state index in [4.69, 9.17) is 9.47 Å². The van der Waals surface area contributed by atoms with Crippen LogP contribution < -0.4 is 9.47 Å². The lowest BCUT2D eigenvalue weighted by Gasteiger charge is -2.24. The van der Waals surface area contributed by atoms with Crippen molar-refractivity contribution in [2.75, 3.05) is 14.2 Å². The van der Waals surface area contributed by atoms with Gasteiger partial charge in [0, 0.05) is 6.07 Å². The highest BCUT2D eigenvalue weighted by molar-refractivity contribution is 5.41. The number of benzene rings is 1. The van der Waals surface area contributed by atoms with E-state index >= 15 is 0 Å². The molecule has 3 nitrogen and oxygen atoms in total. The van der Waals surface area contributed by atoms with E-state index in [0.29, 0.717) is 5.92 Å². The summed E-state index contributed by atoms with van der Waals surface area (Å²) in [5.74, 6) is 1.80. The molecular weight excluding hydrogens is 204 g/mol. The Morgan fingerprint density at radius 1 is 1.12 bits per heavy atom. The first kappa shape index (κ1) is 11.3. The van der Waals surface area contributed by atoms with Crippen molar-refractivity contribution < 1.29 is 14.6 Å². The van der Waals surface area contributed by atoms with Gasteiger partial charge in [-0.15, -0.1) is 0 Å². The molecule has 1 atom stereocenters. The topological polar surface area (TPSA) is 38.7 Å². The van der Waals surface area contributed by atoms with Crippen LogP contribution in [0.3, 0.4) is 0 Å². The summed E-state index contributed by atoms with van der Waals surface area (Å²) in [6.45, 7) is 1.86. The zero-order chi connectivity index (χ0) is 11.8. The maximum atomic E-state index is 10.5. The number of hydrogen-bond donors (Lipinski definition) is 1. The molecule has 0 saturated heterocycles. The van der Waals surface area contributed by atoms with Crippen LogP contribution >= 0.6 is 0 Å². The van der Waals surface area contributed by atoms with Crippen LogP contribution in [0.2, 0.25) is 0 Å². The molecule has 1 aliphatic rings. The fourth-order valence-corrected chi connectivity index (χ4v) is 1.98. The van der Waals surface area contributed by atoms with Gasteiger partial charge >= 0.3 is 0 Å². The third kappa shape index (κ3) is 2.00. The summed E-state index contributed by atoms with van der Waals surface area (Å²) in [5, 5.41) is 10.5. The van der Waals surface area contributed by atoms with Gasteiger partial charge in [0.05, 0.1) is 19.8 Å². The van der Waals surface area contributed by atoms with E-state index < -0.39 is 5.60 Å². The van der Waals surface area contributed by atoms with Crippen LogP contribution in [0.15, 0.2) is 18.2 Å². The average Bonchev–Trinajstić information content (AvgIpc) is 3.12. The SMILES string of the molecule is COc1cc(OC)cc(C(C)(O)C2CC2)c1. The monoisotopic (exact) mass is 222 g/mol. The Kier molecular flexibility index (Phi) is 2.80. The van der Waals surface area contributed by atoms with Gasteiger partial charge in [-0.1, -0.05) is 0 Å². The zero-order valence-corrected chi connectivity index (χ0v) is 9.99. The molecule has 0 radical (unpaired) electrons. The van der Waals surface area contributed by atoms with Crippen LogP contribution in [0.5, 0.6) is 11.5 Å². The first-order valence-corrected chi connectivity index (χ1v) is 5.54. The Morgan fingerprint density at radius 2 is 1.62 bits per heavy atom. The highest BCUT2D eigenvalue weighted by Crippen LogP contribution is 2.46. The molecule has 1 aliphatic carbocycles. The van der Waals surface area contributed by atoms with E-state index in [9.17, 15) is 5.11 Å². The summed E-state index contributed by atoms with van der Waals surface area (Å²) in [6.07, 6.45) is 2.18. The Hall–Kier alpha value is -1.22. The number of rotatable bonds is 4. The Bertz CT molecular complexity index is 359. The maximum Gasteiger partial charge on any atom is 0.122 e. The van der Waals surface area contributed by atoms with Crippen LogP contribution in [-0.4, -0.2) is 19.3 Å². The minimum absolute atomic E-state index is 0.365. The predicted octanol–water partition coefficient (Wildman–Crippen LogP) is 2.32. The van der Waals surface area contributed by atoms with E-state index in [0.717, 1.165) is 29.9 Å². The van der Waals surface area contributed by atoms with Crippen molar-refractivity contribution in [3.63, 3.8) is 0 Å². The van der Waals surface area contributed by atoms with Crippen LogP contribution in [0.25, 0.3) is 0 Å². The molecule has 88 valence electrons. The summed E-state index contributed by atoms with van der Waals surface area (Å²) in [7, 11) is 3.23. The molecule has 1 fully saturated rings. The molecule has 1 aromatic rings. The van der Waals surface area contributed by atoms with E-state index in [1.807, 2.05) is 25.1 Å². The molecule has 16 heavy (non-hydrogen) atoms. The number of ether oxygens (including phenoxy) is 2. The summed E-state index contributed by atoms with van der Waals surface area (Å²) >= 11 is 0. The van der Waals surface area contributed by atoms with Crippen LogP contribution in [0.4, 0.5) is 0 Å². The number of aliphatic hydroxyl groups is 1. The van der Waals surface area contributed by atoms with Gasteiger partial charge in [0.25, 0.3) is 0 Å². The summed E-state index contributed by atoms with van der Waals surface area (Å²) in [4.78, 5) is 0. The van der Waals surface area contributed by atoms with Gasteiger partial charge in [0.1, 0.15) is 11.5 Å². The minimum atomic E-state index is -0.776. The van der Waals surface area contributed by atoms with Crippen LogP contribution in [0, 0.1) is 5.92 Å². The summed E-state index contributed by atoms with van der Waals surface area (Å²) < 4.78 is 10.4. The van der Waals surface area contributed by atoms with Crippen molar-refractivity contribution in [3.05, 3.63) is 23.8 Å². The van der Waals surface area contributed by atoms with Gasteiger partial charge in [0.15, 0.2) is 0 Å². The van der Waals surface area contributed by atoms with E-state index in [2.05, 4.69) is 0 Å². The van der Waals surface area contributed by atoms with E-state index in [-0.39, 0.29) is 0 Å². The van der Waals surface area contributed by atoms with E-state index in [1.54, 1.807) is 14.2 Å². The summed E-state index contributed by atoms with van der Waals surface area (Å²) in [5.41, 5.74) is 0.0909. The molecule has 1 N–H and O–H groups in total. The van der Waals surface area contributed by atoms with Crippen molar-refractivity contribution >= 4 is 0 Å². The molecule has 0 amide bonds. The maximum absolute atomic E-state index is 10.5. The van der Waals surface area contributed by atoms with Crippen molar-refractivity contribution in [2.45, 2.75) is 25.4 Å². The molecule has 0 aromatic heterocycles. The third-order valence-corrected chi connectivity index (χ3v) is 3.31. The highest BCUT2D eigenvalue weighted by Gasteiger charge is 2.41. The van der Waals surface area contributed by atoms with Gasteiger partial charge in [-0.3, -0.25) is 0 Å². The smallest absolute Gasteiger partial charge is 0.122 e. The van der Waals surface area contributed by atoms with Crippen molar-refractivity contribution in [2.24, 2.45) is 5.92 Å². The lowest BCUT2D eigenvalue weighted by atomic mass is 9.90. The van der Waals surface area contributed by atoms with Crippen molar-refractivity contribution in [1.82, 2.24) is 0 Å². The second kappa shape index (κ2) is 3.98. The van der Waals surface area contributed by atoms with Crippen LogP contribution in [0.1, 0.15) is 25.3 Å². The highest BCUT2D eigenvalue weighted by atomic mass is 16.5. The second-order valence-electron chi connectivity index (χ2n) is 4.52. The van der Waals surface area contributed by atoms with Gasteiger partial charge in [-0.05, 0) is 43.4 Å². The van der Waals surface area contributed by atoms with Crippen LogP contribution in [-0.2, 0) is 5.60 Å². The first-order valence-electron chi connectivity index (χ1n) is 5.54. The second-order valence-corrected chi connectivity index (χ2v) is 4.52. The van der Waals surface area contributed by atoms with E-state index in [1.165, 1.54) is 0 Å². The largest absolute Gasteiger partial charge is 0.497 e. The lowest BCUT2D eigenvalue weighted by Crippen LogP contribution is -2.23. The lowest BCUT2D eigenvalue weighted by molar-refractivity contribution is 0.0326. The molecular formula is C13H18O3. The molecule has 2 rings (SSSR count). The fraction of sp³-hybridized carbons (Fsp3) is 0.538. The molecule has 0 heterocycles. The van der Waals surface area contributed by atoms with Crippen molar-refractivity contribution in [1.29, 1.82) is 0 Å². The molecule has 0 bridgehead atoms. The Balaban J connectivity index is 2.38. The minimum Gasteiger partial charge on any atom is -0.497 e. The van der Waals surface area contributed by atoms with Gasteiger partial charge < -0.3 is 14.6 Å². The van der Waals surface area contributed by atoms with Gasteiger partial charge in [-0.2, -0.15) is 0 Å². The molecule has 1 unspecified atom stereocenters. The molecule has 0 spiro atoms. The summed E-state index contributed by atoms with van der Waals surface area (Å²) in [6, 6.07) is 5.56. The average molecular weight is 222 g/mol. The number of methoxy groups -OCH3 is 2. The predicted molar refractivity (Wildman–Crippen MR) is 61.8 cm³/mol. The van der Waals surface area contributed by atoms with Gasteiger partial charge in [0.2, 0.25) is 0 Å². The molecule has 1 saturated carbocycles. The number of hydrogen-bond acceptors (Lipinski definition) is 3. The molecule has 3 heteroatoms. The zero-order valence-electron chi connectivity index (χ0n) is 9.99. The molecule has 0 aliphatic heterocycles. The Labute approximate surface area is 96.0 Å². The standard InChI is InChI=1S/C13H18O3/c1-13(14,9-4-5-9)10-6-11(15-2)8-12(7-10)16-3/h6-9,14H,4-5H2,1-3H3. The fourth-order valence-electron chi connectivity index (χ4n) is 1.98. The first-order chi connectivity index (χ1) is 7.57. The van der Waals surface area contributed by atoms with Crippen molar-refractivity contribution in [3.8, 4) is 11.5 Å². The normalized spacial score (nSPS) is 19.0. The molecule has 1 aromatic carbocycles. The quantitative estimate of drug-likeness (QED) is 0.849.